The van der Waals surface area contributed by atoms with Crippen molar-refractivity contribution in [1.29, 1.82) is 0 Å². The molecule has 4 heteroatoms. The number of benzene rings is 1. The minimum Gasteiger partial charge on any atom is -0.380 e. The van der Waals surface area contributed by atoms with Gasteiger partial charge in [-0.2, -0.15) is 0 Å². The van der Waals surface area contributed by atoms with E-state index in [-0.39, 0.29) is 11.9 Å². The lowest BCUT2D eigenvalue weighted by molar-refractivity contribution is 0.152. The van der Waals surface area contributed by atoms with Crippen molar-refractivity contribution in [3.63, 3.8) is 0 Å². The number of nitrogens with zero attached hydrogens (tertiary/aromatic N) is 1. The zero-order chi connectivity index (χ0) is 13.8. The van der Waals surface area contributed by atoms with Crippen LogP contribution in [-0.2, 0) is 4.74 Å². The van der Waals surface area contributed by atoms with Crippen molar-refractivity contribution < 1.29 is 9.13 Å². The Bertz CT molecular complexity index is 428. The maximum Gasteiger partial charge on any atom is 0.126 e. The maximum absolute atomic E-state index is 13.8. The molecular formula is C15H23FN2O. The van der Waals surface area contributed by atoms with E-state index in [4.69, 9.17) is 4.74 Å². The molecule has 1 aliphatic rings. The van der Waals surface area contributed by atoms with Crippen LogP contribution in [0, 0.1) is 12.7 Å². The van der Waals surface area contributed by atoms with Gasteiger partial charge in [-0.15, -0.1) is 0 Å². The Morgan fingerprint density at radius 2 is 2.11 bits per heavy atom. The number of anilines is 1. The zero-order valence-corrected chi connectivity index (χ0v) is 12.0. The Morgan fingerprint density at radius 1 is 1.32 bits per heavy atom. The molecule has 0 aliphatic carbocycles. The summed E-state index contributed by atoms with van der Waals surface area (Å²) in [6.45, 7) is 7.27. The normalized spacial score (nSPS) is 18.2. The van der Waals surface area contributed by atoms with Gasteiger partial charge in [0.05, 0.1) is 6.61 Å². The molecule has 0 spiro atoms. The lowest BCUT2D eigenvalue weighted by Crippen LogP contribution is -2.28. The Morgan fingerprint density at radius 3 is 2.84 bits per heavy atom. The molecule has 1 unspecified atom stereocenters. The second-order valence-electron chi connectivity index (χ2n) is 5.12. The van der Waals surface area contributed by atoms with Crippen LogP contribution in [0.3, 0.4) is 0 Å². The lowest BCUT2D eigenvalue weighted by atomic mass is 10.0. The summed E-state index contributed by atoms with van der Waals surface area (Å²) >= 11 is 0. The standard InChI is InChI=1S/C15H23FN2O/c1-11-9-15(18-5-4-7-19-8-6-18)13(10-14(11)16)12(2)17-3/h9-10,12,17H,4-8H2,1-3H3. The highest BCUT2D eigenvalue weighted by atomic mass is 19.1. The van der Waals surface area contributed by atoms with Crippen molar-refractivity contribution in [3.05, 3.63) is 29.1 Å². The van der Waals surface area contributed by atoms with Crippen molar-refractivity contribution in [2.45, 2.75) is 26.3 Å². The number of ether oxygens (including phenoxy) is 1. The topological polar surface area (TPSA) is 24.5 Å². The van der Waals surface area contributed by atoms with Crippen LogP contribution in [0.4, 0.5) is 10.1 Å². The van der Waals surface area contributed by atoms with Crippen LogP contribution in [0.2, 0.25) is 0 Å². The molecule has 0 bridgehead atoms. The third-order valence-corrected chi connectivity index (χ3v) is 3.77. The molecule has 1 aromatic carbocycles. The highest BCUT2D eigenvalue weighted by Crippen LogP contribution is 2.29. The van der Waals surface area contributed by atoms with Crippen LogP contribution >= 0.6 is 0 Å². The van der Waals surface area contributed by atoms with Gasteiger partial charge in [0, 0.05) is 31.4 Å². The fourth-order valence-electron chi connectivity index (χ4n) is 2.44. The third-order valence-electron chi connectivity index (χ3n) is 3.77. The molecule has 1 atom stereocenters. The molecule has 1 heterocycles. The average molecular weight is 266 g/mol. The minimum atomic E-state index is -0.132. The third kappa shape index (κ3) is 3.25. The van der Waals surface area contributed by atoms with E-state index in [9.17, 15) is 4.39 Å². The van der Waals surface area contributed by atoms with Crippen molar-refractivity contribution in [3.8, 4) is 0 Å². The lowest BCUT2D eigenvalue weighted by Gasteiger charge is -2.27. The SMILES string of the molecule is CNC(C)c1cc(F)c(C)cc1N1CCCOCC1. The zero-order valence-electron chi connectivity index (χ0n) is 12.0. The molecular weight excluding hydrogens is 243 g/mol. The highest BCUT2D eigenvalue weighted by Gasteiger charge is 2.18. The Balaban J connectivity index is 2.38. The number of halogens is 1. The predicted molar refractivity (Wildman–Crippen MR) is 76.3 cm³/mol. The van der Waals surface area contributed by atoms with Gasteiger partial charge in [-0.3, -0.25) is 0 Å². The van der Waals surface area contributed by atoms with Gasteiger partial charge in [-0.25, -0.2) is 4.39 Å². The Kier molecular flexibility index (Phi) is 4.77. The molecule has 0 aromatic heterocycles. The smallest absolute Gasteiger partial charge is 0.126 e. The van der Waals surface area contributed by atoms with Crippen LogP contribution in [0.5, 0.6) is 0 Å². The van der Waals surface area contributed by atoms with Crippen molar-refractivity contribution >= 4 is 5.69 Å². The first-order valence-electron chi connectivity index (χ1n) is 6.93. The summed E-state index contributed by atoms with van der Waals surface area (Å²) in [5.74, 6) is -0.132. The minimum absolute atomic E-state index is 0.132. The number of rotatable bonds is 3. The van der Waals surface area contributed by atoms with E-state index >= 15 is 0 Å². The second kappa shape index (κ2) is 6.35. The summed E-state index contributed by atoms with van der Waals surface area (Å²) in [6.07, 6.45) is 1.02. The molecule has 2 rings (SSSR count). The van der Waals surface area contributed by atoms with E-state index in [0.717, 1.165) is 44.0 Å². The Hall–Kier alpha value is -1.13. The van der Waals surface area contributed by atoms with E-state index in [1.807, 2.05) is 20.0 Å². The maximum atomic E-state index is 13.8. The molecule has 1 fully saturated rings. The molecule has 3 nitrogen and oxygen atoms in total. The summed E-state index contributed by atoms with van der Waals surface area (Å²) < 4.78 is 19.3. The molecule has 1 aliphatic heterocycles. The summed E-state index contributed by atoms with van der Waals surface area (Å²) in [5.41, 5.74) is 2.85. The molecule has 1 N–H and O–H groups in total. The van der Waals surface area contributed by atoms with Gasteiger partial charge in [0.25, 0.3) is 0 Å². The van der Waals surface area contributed by atoms with E-state index in [2.05, 4.69) is 17.1 Å². The number of aryl methyl sites for hydroxylation is 1. The summed E-state index contributed by atoms with van der Waals surface area (Å²) in [5, 5.41) is 3.20. The van der Waals surface area contributed by atoms with Gasteiger partial charge in [-0.05, 0) is 50.6 Å². The second-order valence-corrected chi connectivity index (χ2v) is 5.12. The monoisotopic (exact) mass is 266 g/mol. The van der Waals surface area contributed by atoms with Gasteiger partial charge in [0.15, 0.2) is 0 Å². The number of hydrogen-bond acceptors (Lipinski definition) is 3. The van der Waals surface area contributed by atoms with E-state index in [1.165, 1.54) is 0 Å². The molecule has 1 aromatic rings. The summed E-state index contributed by atoms with van der Waals surface area (Å²) in [7, 11) is 1.90. The highest BCUT2D eigenvalue weighted by molar-refractivity contribution is 5.57. The molecule has 0 saturated carbocycles. The van der Waals surface area contributed by atoms with Gasteiger partial charge in [-0.1, -0.05) is 0 Å². The van der Waals surface area contributed by atoms with Crippen molar-refractivity contribution in [2.24, 2.45) is 0 Å². The summed E-state index contributed by atoms with van der Waals surface area (Å²) in [6, 6.07) is 3.76. The number of hydrogen-bond donors (Lipinski definition) is 1. The summed E-state index contributed by atoms with van der Waals surface area (Å²) in [4.78, 5) is 2.31. The van der Waals surface area contributed by atoms with Gasteiger partial charge in [0.1, 0.15) is 5.82 Å². The first kappa shape index (κ1) is 14.3. The van der Waals surface area contributed by atoms with Crippen LogP contribution in [0.15, 0.2) is 12.1 Å². The van der Waals surface area contributed by atoms with Gasteiger partial charge in [0.2, 0.25) is 0 Å². The average Bonchev–Trinajstić information content (AvgIpc) is 2.69. The quantitative estimate of drug-likeness (QED) is 0.910. The van der Waals surface area contributed by atoms with Gasteiger partial charge >= 0.3 is 0 Å². The van der Waals surface area contributed by atoms with Crippen LogP contribution < -0.4 is 10.2 Å². The van der Waals surface area contributed by atoms with Crippen molar-refractivity contribution in [2.75, 3.05) is 38.3 Å². The fourth-order valence-corrected chi connectivity index (χ4v) is 2.44. The molecule has 0 radical (unpaired) electrons. The van der Waals surface area contributed by atoms with Crippen molar-refractivity contribution in [1.82, 2.24) is 5.32 Å². The molecule has 19 heavy (non-hydrogen) atoms. The number of nitrogens with one attached hydrogen (secondary N) is 1. The predicted octanol–water partition coefficient (Wildman–Crippen LogP) is 2.64. The largest absolute Gasteiger partial charge is 0.380 e. The fraction of sp³-hybridized carbons (Fsp3) is 0.600. The molecule has 0 amide bonds. The van der Waals surface area contributed by atoms with Gasteiger partial charge < -0.3 is 15.0 Å². The van der Waals surface area contributed by atoms with E-state index < -0.39 is 0 Å². The van der Waals surface area contributed by atoms with Crippen LogP contribution in [0.1, 0.15) is 30.5 Å². The van der Waals surface area contributed by atoms with E-state index in [1.54, 1.807) is 6.07 Å². The first-order chi connectivity index (χ1) is 9.13. The molecule has 1 saturated heterocycles. The van der Waals surface area contributed by atoms with Crippen LogP contribution in [-0.4, -0.2) is 33.4 Å². The van der Waals surface area contributed by atoms with Crippen LogP contribution in [0.25, 0.3) is 0 Å². The first-order valence-corrected chi connectivity index (χ1v) is 6.93. The molecule has 106 valence electrons. The van der Waals surface area contributed by atoms with E-state index in [0.29, 0.717) is 5.56 Å². The Labute approximate surface area is 114 Å².